The van der Waals surface area contributed by atoms with Crippen LogP contribution in [0.1, 0.15) is 12.8 Å². The summed E-state index contributed by atoms with van der Waals surface area (Å²) in [5.41, 5.74) is 6.05. The maximum atomic E-state index is 11.4. The normalized spacial score (nSPS) is 9.94. The predicted molar refractivity (Wildman–Crippen MR) is 67.6 cm³/mol. The van der Waals surface area contributed by atoms with Gasteiger partial charge in [0.05, 0.1) is 11.6 Å². The number of carbonyl (C=O) groups is 1. The van der Waals surface area contributed by atoms with E-state index in [1.54, 1.807) is 13.2 Å². The first kappa shape index (κ1) is 13.0. The van der Waals surface area contributed by atoms with Gasteiger partial charge in [-0.15, -0.1) is 0 Å². The van der Waals surface area contributed by atoms with E-state index in [0.29, 0.717) is 25.1 Å². The van der Waals surface area contributed by atoms with Gasteiger partial charge in [-0.05, 0) is 41.0 Å². The number of halogens is 1. The van der Waals surface area contributed by atoms with Crippen LogP contribution in [0.3, 0.4) is 0 Å². The lowest BCUT2D eigenvalue weighted by molar-refractivity contribution is -0.116. The van der Waals surface area contributed by atoms with E-state index in [1.807, 2.05) is 12.1 Å². The van der Waals surface area contributed by atoms with E-state index < -0.39 is 0 Å². The Morgan fingerprint density at radius 3 is 2.94 bits per heavy atom. The Labute approximate surface area is 103 Å². The van der Waals surface area contributed by atoms with Gasteiger partial charge < -0.3 is 15.8 Å². The van der Waals surface area contributed by atoms with Crippen LogP contribution in [0.25, 0.3) is 0 Å². The van der Waals surface area contributed by atoms with Gasteiger partial charge in [0.25, 0.3) is 0 Å². The van der Waals surface area contributed by atoms with E-state index in [4.69, 9.17) is 10.5 Å². The zero-order valence-corrected chi connectivity index (χ0v) is 10.7. The molecular formula is C11H15BrN2O2. The Morgan fingerprint density at radius 2 is 2.31 bits per heavy atom. The van der Waals surface area contributed by atoms with Crippen molar-refractivity contribution in [3.8, 4) is 5.75 Å². The molecule has 0 bridgehead atoms. The third-order valence-electron chi connectivity index (χ3n) is 2.04. The fraction of sp³-hybridized carbons (Fsp3) is 0.364. The van der Waals surface area contributed by atoms with Gasteiger partial charge in [-0.1, -0.05) is 0 Å². The summed E-state index contributed by atoms with van der Waals surface area (Å²) in [5, 5.41) is 2.78. The van der Waals surface area contributed by atoms with Crippen LogP contribution in [0.4, 0.5) is 5.69 Å². The van der Waals surface area contributed by atoms with Crippen LogP contribution < -0.4 is 15.8 Å². The number of methoxy groups -OCH3 is 1. The molecule has 0 radical (unpaired) electrons. The molecule has 1 aromatic carbocycles. The number of ether oxygens (including phenoxy) is 1. The highest BCUT2D eigenvalue weighted by atomic mass is 79.9. The molecule has 0 atom stereocenters. The van der Waals surface area contributed by atoms with Gasteiger partial charge >= 0.3 is 0 Å². The fourth-order valence-corrected chi connectivity index (χ4v) is 1.63. The molecule has 16 heavy (non-hydrogen) atoms. The van der Waals surface area contributed by atoms with E-state index in [9.17, 15) is 4.79 Å². The van der Waals surface area contributed by atoms with E-state index >= 15 is 0 Å². The number of nitrogens with two attached hydrogens (primary N) is 1. The highest BCUT2D eigenvalue weighted by molar-refractivity contribution is 9.10. The molecule has 0 aromatic heterocycles. The van der Waals surface area contributed by atoms with Crippen molar-refractivity contribution in [3.05, 3.63) is 22.7 Å². The van der Waals surface area contributed by atoms with E-state index in [-0.39, 0.29) is 5.91 Å². The van der Waals surface area contributed by atoms with Crippen LogP contribution in [0.2, 0.25) is 0 Å². The molecule has 5 heteroatoms. The molecule has 1 amide bonds. The zero-order valence-electron chi connectivity index (χ0n) is 9.13. The van der Waals surface area contributed by atoms with Gasteiger partial charge in [0, 0.05) is 18.2 Å². The number of rotatable bonds is 5. The molecule has 0 aliphatic heterocycles. The average Bonchev–Trinajstić information content (AvgIpc) is 2.29. The Morgan fingerprint density at radius 1 is 1.56 bits per heavy atom. The van der Waals surface area contributed by atoms with Crippen molar-refractivity contribution in [1.29, 1.82) is 0 Å². The molecule has 0 heterocycles. The van der Waals surface area contributed by atoms with Crippen LogP contribution in [-0.2, 0) is 4.79 Å². The molecule has 0 saturated heterocycles. The predicted octanol–water partition coefficient (Wildman–Crippen LogP) is 2.14. The van der Waals surface area contributed by atoms with Gasteiger partial charge in [-0.2, -0.15) is 0 Å². The van der Waals surface area contributed by atoms with Crippen molar-refractivity contribution in [2.75, 3.05) is 19.0 Å². The molecule has 0 saturated carbocycles. The van der Waals surface area contributed by atoms with Gasteiger partial charge in [-0.25, -0.2) is 0 Å². The minimum absolute atomic E-state index is 0.0326. The second-order valence-electron chi connectivity index (χ2n) is 3.29. The Hall–Kier alpha value is -1.07. The first-order valence-electron chi connectivity index (χ1n) is 5.01. The summed E-state index contributed by atoms with van der Waals surface area (Å²) in [5.74, 6) is 0.659. The average molecular weight is 287 g/mol. The van der Waals surface area contributed by atoms with Crippen LogP contribution in [-0.4, -0.2) is 19.6 Å². The SMILES string of the molecule is COc1cc(NC(=O)CCCN)ccc1Br. The summed E-state index contributed by atoms with van der Waals surface area (Å²) >= 11 is 3.34. The largest absolute Gasteiger partial charge is 0.495 e. The number of carbonyl (C=O) groups excluding carboxylic acids is 1. The second kappa shape index (κ2) is 6.50. The lowest BCUT2D eigenvalue weighted by Gasteiger charge is -2.08. The zero-order chi connectivity index (χ0) is 12.0. The maximum absolute atomic E-state index is 11.4. The summed E-state index contributed by atoms with van der Waals surface area (Å²) in [6.45, 7) is 0.525. The van der Waals surface area contributed by atoms with E-state index in [1.165, 1.54) is 0 Å². The molecule has 0 aliphatic rings. The third-order valence-corrected chi connectivity index (χ3v) is 2.70. The molecule has 0 spiro atoms. The van der Waals surface area contributed by atoms with Crippen LogP contribution in [0, 0.1) is 0 Å². The maximum Gasteiger partial charge on any atom is 0.224 e. The van der Waals surface area contributed by atoms with Crippen LogP contribution >= 0.6 is 15.9 Å². The standard InChI is InChI=1S/C11H15BrN2O2/c1-16-10-7-8(4-5-9(10)12)14-11(15)3-2-6-13/h4-5,7H,2-3,6,13H2,1H3,(H,14,15). The lowest BCUT2D eigenvalue weighted by Crippen LogP contribution is -2.13. The molecule has 0 fully saturated rings. The molecule has 1 rings (SSSR count). The smallest absolute Gasteiger partial charge is 0.224 e. The van der Waals surface area contributed by atoms with Crippen molar-refractivity contribution in [3.63, 3.8) is 0 Å². The Balaban J connectivity index is 2.63. The van der Waals surface area contributed by atoms with Crippen molar-refractivity contribution < 1.29 is 9.53 Å². The Bertz CT molecular complexity index is 369. The van der Waals surface area contributed by atoms with Crippen molar-refractivity contribution in [2.24, 2.45) is 5.73 Å². The van der Waals surface area contributed by atoms with Gasteiger partial charge in [-0.3, -0.25) is 4.79 Å². The number of hydrogen-bond acceptors (Lipinski definition) is 3. The number of amides is 1. The van der Waals surface area contributed by atoms with E-state index in [0.717, 1.165) is 10.2 Å². The Kier molecular flexibility index (Phi) is 5.28. The van der Waals surface area contributed by atoms with Crippen LogP contribution in [0.15, 0.2) is 22.7 Å². The van der Waals surface area contributed by atoms with Crippen molar-refractivity contribution in [2.45, 2.75) is 12.8 Å². The van der Waals surface area contributed by atoms with Gasteiger partial charge in [0.1, 0.15) is 5.75 Å². The molecule has 88 valence electrons. The monoisotopic (exact) mass is 286 g/mol. The number of hydrogen-bond donors (Lipinski definition) is 2. The lowest BCUT2D eigenvalue weighted by atomic mass is 10.2. The highest BCUT2D eigenvalue weighted by Gasteiger charge is 2.04. The number of anilines is 1. The van der Waals surface area contributed by atoms with Gasteiger partial charge in [0.2, 0.25) is 5.91 Å². The van der Waals surface area contributed by atoms with Crippen molar-refractivity contribution >= 4 is 27.5 Å². The first-order chi connectivity index (χ1) is 7.67. The fourth-order valence-electron chi connectivity index (χ4n) is 1.22. The topological polar surface area (TPSA) is 64.3 Å². The number of benzene rings is 1. The summed E-state index contributed by atoms with van der Waals surface area (Å²) in [6, 6.07) is 5.41. The molecule has 0 aliphatic carbocycles. The molecular weight excluding hydrogens is 272 g/mol. The molecule has 1 aromatic rings. The highest BCUT2D eigenvalue weighted by Crippen LogP contribution is 2.27. The minimum Gasteiger partial charge on any atom is -0.495 e. The quantitative estimate of drug-likeness (QED) is 0.872. The summed E-state index contributed by atoms with van der Waals surface area (Å²) in [6.07, 6.45) is 1.13. The summed E-state index contributed by atoms with van der Waals surface area (Å²) in [4.78, 5) is 11.4. The molecule has 0 unspecified atom stereocenters. The second-order valence-corrected chi connectivity index (χ2v) is 4.14. The summed E-state index contributed by atoms with van der Waals surface area (Å²) in [7, 11) is 1.58. The number of nitrogens with one attached hydrogen (secondary N) is 1. The summed E-state index contributed by atoms with van der Waals surface area (Å²) < 4.78 is 5.99. The third kappa shape index (κ3) is 3.83. The minimum atomic E-state index is -0.0326. The van der Waals surface area contributed by atoms with Crippen LogP contribution in [0.5, 0.6) is 5.75 Å². The van der Waals surface area contributed by atoms with Crippen molar-refractivity contribution in [1.82, 2.24) is 0 Å². The first-order valence-corrected chi connectivity index (χ1v) is 5.80. The van der Waals surface area contributed by atoms with E-state index in [2.05, 4.69) is 21.2 Å². The molecule has 3 N–H and O–H groups in total. The molecule has 4 nitrogen and oxygen atoms in total. The van der Waals surface area contributed by atoms with Gasteiger partial charge in [0.15, 0.2) is 0 Å².